The van der Waals surface area contributed by atoms with E-state index in [1.54, 1.807) is 11.3 Å². The summed E-state index contributed by atoms with van der Waals surface area (Å²) in [5.41, 5.74) is -0.430. The zero-order valence-electron chi connectivity index (χ0n) is 14.1. The number of nitrogens with zero attached hydrogens (tertiary/aromatic N) is 1. The Bertz CT molecular complexity index is 464. The number of rotatable bonds is 7. The average Bonchev–Trinajstić information content (AvgIpc) is 3.11. The van der Waals surface area contributed by atoms with Crippen molar-refractivity contribution in [2.75, 3.05) is 13.1 Å². The maximum absolute atomic E-state index is 12.3. The molecule has 1 aromatic rings. The van der Waals surface area contributed by atoms with Crippen LogP contribution in [0.5, 0.6) is 0 Å². The van der Waals surface area contributed by atoms with Gasteiger partial charge in [0, 0.05) is 30.1 Å². The van der Waals surface area contributed by atoms with Gasteiger partial charge in [-0.1, -0.05) is 13.0 Å². The number of ether oxygens (including phenoxy) is 1. The molecule has 0 aromatic carbocycles. The van der Waals surface area contributed by atoms with Crippen molar-refractivity contribution >= 4 is 17.4 Å². The smallest absolute Gasteiger partial charge is 0.410 e. The van der Waals surface area contributed by atoms with Crippen molar-refractivity contribution in [3.05, 3.63) is 22.4 Å². The minimum Gasteiger partial charge on any atom is -0.444 e. The van der Waals surface area contributed by atoms with E-state index >= 15 is 0 Å². The first-order valence-electron chi connectivity index (χ1n) is 8.17. The van der Waals surface area contributed by atoms with Crippen LogP contribution in [0.2, 0.25) is 0 Å². The maximum atomic E-state index is 12.3. The van der Waals surface area contributed by atoms with Crippen molar-refractivity contribution in [2.45, 2.75) is 64.6 Å². The number of hydrogen-bond donors (Lipinski definition) is 1. The largest absolute Gasteiger partial charge is 0.444 e. The van der Waals surface area contributed by atoms with Gasteiger partial charge in [-0.3, -0.25) is 0 Å². The zero-order valence-corrected chi connectivity index (χ0v) is 14.9. The van der Waals surface area contributed by atoms with E-state index in [0.29, 0.717) is 18.6 Å². The van der Waals surface area contributed by atoms with E-state index in [1.807, 2.05) is 25.7 Å². The summed E-state index contributed by atoms with van der Waals surface area (Å²) in [5.74, 6) is 0. The molecule has 5 heteroatoms. The number of nitrogens with one attached hydrogen (secondary N) is 1. The first kappa shape index (κ1) is 17.3. The molecule has 1 atom stereocenters. The Kier molecular flexibility index (Phi) is 5.87. The summed E-state index contributed by atoms with van der Waals surface area (Å²) < 4.78 is 5.52. The molecule has 1 fully saturated rings. The molecule has 4 nitrogen and oxygen atoms in total. The van der Waals surface area contributed by atoms with E-state index in [1.165, 1.54) is 4.88 Å². The van der Waals surface area contributed by atoms with Crippen LogP contribution in [-0.2, 0) is 4.74 Å². The molecule has 22 heavy (non-hydrogen) atoms. The second-order valence-electron chi connectivity index (χ2n) is 6.84. The maximum Gasteiger partial charge on any atom is 0.410 e. The molecule has 1 amide bonds. The Labute approximate surface area is 137 Å². The normalized spacial score (nSPS) is 16.4. The van der Waals surface area contributed by atoms with Crippen molar-refractivity contribution in [3.63, 3.8) is 0 Å². The third-order valence-electron chi connectivity index (χ3n) is 3.65. The standard InChI is InChI=1S/C17H28N2O2S/c1-5-14(15-7-6-12-22-15)18-10-11-19(13-8-9-13)16(20)21-17(2,3)4/h6-7,12-14,18H,5,8-11H2,1-4H3. The van der Waals surface area contributed by atoms with Crippen LogP contribution >= 0.6 is 11.3 Å². The van der Waals surface area contributed by atoms with Gasteiger partial charge in [0.25, 0.3) is 0 Å². The van der Waals surface area contributed by atoms with Gasteiger partial charge in [0.2, 0.25) is 0 Å². The van der Waals surface area contributed by atoms with Crippen molar-refractivity contribution in [1.29, 1.82) is 0 Å². The molecule has 0 bridgehead atoms. The molecule has 124 valence electrons. The fourth-order valence-corrected chi connectivity index (χ4v) is 3.31. The van der Waals surface area contributed by atoms with Gasteiger partial charge < -0.3 is 15.0 Å². The van der Waals surface area contributed by atoms with Gasteiger partial charge in [-0.2, -0.15) is 0 Å². The molecule has 0 radical (unpaired) electrons. The van der Waals surface area contributed by atoms with Crippen molar-refractivity contribution in [2.24, 2.45) is 0 Å². The fourth-order valence-electron chi connectivity index (χ4n) is 2.42. The monoisotopic (exact) mass is 324 g/mol. The number of carbonyl (C=O) groups is 1. The van der Waals surface area contributed by atoms with E-state index in [0.717, 1.165) is 25.8 Å². The van der Waals surface area contributed by atoms with Crippen LogP contribution in [0.15, 0.2) is 17.5 Å². The molecule has 1 aromatic heterocycles. The third-order valence-corrected chi connectivity index (χ3v) is 4.64. The van der Waals surface area contributed by atoms with Gasteiger partial charge in [0.1, 0.15) is 5.60 Å². The molecule has 0 aliphatic heterocycles. The van der Waals surface area contributed by atoms with Crippen LogP contribution in [0.3, 0.4) is 0 Å². The average molecular weight is 324 g/mol. The summed E-state index contributed by atoms with van der Waals surface area (Å²) in [7, 11) is 0. The quantitative estimate of drug-likeness (QED) is 0.818. The number of thiophene rings is 1. The van der Waals surface area contributed by atoms with Crippen LogP contribution in [0.1, 0.15) is 57.9 Å². The van der Waals surface area contributed by atoms with Crippen LogP contribution in [0.25, 0.3) is 0 Å². The summed E-state index contributed by atoms with van der Waals surface area (Å²) >= 11 is 1.78. The lowest BCUT2D eigenvalue weighted by Crippen LogP contribution is -2.42. The molecular formula is C17H28N2O2S. The Hall–Kier alpha value is -1.07. The van der Waals surface area contributed by atoms with Crippen molar-refractivity contribution < 1.29 is 9.53 Å². The molecular weight excluding hydrogens is 296 g/mol. The number of carbonyl (C=O) groups excluding carboxylic acids is 1. The second-order valence-corrected chi connectivity index (χ2v) is 7.81. The zero-order chi connectivity index (χ0) is 16.2. The summed E-state index contributed by atoms with van der Waals surface area (Å²) in [5, 5.41) is 5.67. The summed E-state index contributed by atoms with van der Waals surface area (Å²) in [4.78, 5) is 15.5. The predicted molar refractivity (Wildman–Crippen MR) is 91.3 cm³/mol. The van der Waals surface area contributed by atoms with Crippen molar-refractivity contribution in [3.8, 4) is 0 Å². The topological polar surface area (TPSA) is 41.6 Å². The number of amides is 1. The van der Waals surface area contributed by atoms with E-state index in [-0.39, 0.29) is 6.09 Å². The molecule has 0 spiro atoms. The van der Waals surface area contributed by atoms with Gasteiger partial charge in [-0.15, -0.1) is 11.3 Å². The highest BCUT2D eigenvalue weighted by Crippen LogP contribution is 2.28. The van der Waals surface area contributed by atoms with Crippen LogP contribution < -0.4 is 5.32 Å². The lowest BCUT2D eigenvalue weighted by molar-refractivity contribution is 0.0234. The van der Waals surface area contributed by atoms with E-state index in [9.17, 15) is 4.79 Å². The lowest BCUT2D eigenvalue weighted by Gasteiger charge is -2.28. The van der Waals surface area contributed by atoms with E-state index in [4.69, 9.17) is 4.74 Å². The molecule has 1 aliphatic carbocycles. The Morgan fingerprint density at radius 3 is 2.73 bits per heavy atom. The van der Waals surface area contributed by atoms with Crippen LogP contribution in [0.4, 0.5) is 4.79 Å². The molecule has 1 aliphatic rings. The van der Waals surface area contributed by atoms with Gasteiger partial charge >= 0.3 is 6.09 Å². The minimum absolute atomic E-state index is 0.180. The van der Waals surface area contributed by atoms with E-state index < -0.39 is 5.60 Å². The minimum atomic E-state index is -0.430. The lowest BCUT2D eigenvalue weighted by atomic mass is 10.2. The summed E-state index contributed by atoms with van der Waals surface area (Å²) in [6, 6.07) is 5.00. The summed E-state index contributed by atoms with van der Waals surface area (Å²) in [6.45, 7) is 9.44. The Morgan fingerprint density at radius 2 is 2.23 bits per heavy atom. The van der Waals surface area contributed by atoms with Gasteiger partial charge in [-0.25, -0.2) is 4.79 Å². The molecule has 1 N–H and O–H groups in total. The SMILES string of the molecule is CCC(NCCN(C(=O)OC(C)(C)C)C1CC1)c1cccs1. The van der Waals surface area contributed by atoms with Crippen molar-refractivity contribution in [1.82, 2.24) is 10.2 Å². The number of hydrogen-bond acceptors (Lipinski definition) is 4. The first-order valence-corrected chi connectivity index (χ1v) is 9.05. The predicted octanol–water partition coefficient (Wildman–Crippen LogP) is 4.19. The fraction of sp³-hybridized carbons (Fsp3) is 0.706. The Morgan fingerprint density at radius 1 is 1.50 bits per heavy atom. The van der Waals surface area contributed by atoms with Crippen LogP contribution in [0, 0.1) is 0 Å². The highest BCUT2D eigenvalue weighted by Gasteiger charge is 2.34. The summed E-state index contributed by atoms with van der Waals surface area (Å²) in [6.07, 6.45) is 3.07. The first-order chi connectivity index (χ1) is 10.4. The second kappa shape index (κ2) is 7.47. The molecule has 1 unspecified atom stereocenters. The molecule has 1 heterocycles. The van der Waals surface area contributed by atoms with Crippen LogP contribution in [-0.4, -0.2) is 35.7 Å². The Balaban J connectivity index is 1.83. The van der Waals surface area contributed by atoms with Gasteiger partial charge in [-0.05, 0) is 51.5 Å². The molecule has 0 saturated heterocycles. The third kappa shape index (κ3) is 5.29. The van der Waals surface area contributed by atoms with Gasteiger partial charge in [0.15, 0.2) is 0 Å². The highest BCUT2D eigenvalue weighted by atomic mass is 32.1. The molecule has 2 rings (SSSR count). The molecule has 1 saturated carbocycles. The van der Waals surface area contributed by atoms with Gasteiger partial charge in [0.05, 0.1) is 0 Å². The van der Waals surface area contributed by atoms with E-state index in [2.05, 4.69) is 29.8 Å². The highest BCUT2D eigenvalue weighted by molar-refractivity contribution is 7.10.